The zero-order valence-electron chi connectivity index (χ0n) is 11.8. The van der Waals surface area contributed by atoms with Crippen molar-refractivity contribution >= 4 is 23.3 Å². The van der Waals surface area contributed by atoms with E-state index in [4.69, 9.17) is 0 Å². The van der Waals surface area contributed by atoms with Crippen molar-refractivity contribution in [3.8, 4) is 0 Å². The number of nitrogens with zero attached hydrogens (tertiary/aromatic N) is 3. The van der Waals surface area contributed by atoms with Crippen molar-refractivity contribution in [2.45, 2.75) is 19.4 Å². The Morgan fingerprint density at radius 3 is 2.90 bits per heavy atom. The summed E-state index contributed by atoms with van der Waals surface area (Å²) in [5.74, 6) is -0.874. The zero-order valence-corrected chi connectivity index (χ0v) is 11.8. The number of aromatic nitrogens is 2. The van der Waals surface area contributed by atoms with E-state index in [0.717, 1.165) is 0 Å². The molecule has 1 aliphatic rings. The Bertz CT molecular complexity index is 735. The summed E-state index contributed by atoms with van der Waals surface area (Å²) in [7, 11) is 0. The second kappa shape index (κ2) is 4.47. The largest absolute Gasteiger partial charge is 0.476 e. The number of carbonyl (C=O) groups is 2. The molecular weight excluding hydrogens is 272 g/mol. The number of carboxylic acid groups (broad SMARTS) is 1. The van der Waals surface area contributed by atoms with Crippen LogP contribution in [0, 0.1) is 0 Å². The molecule has 1 saturated heterocycles. The number of imidazole rings is 1. The van der Waals surface area contributed by atoms with Crippen molar-refractivity contribution in [3.05, 3.63) is 30.1 Å². The van der Waals surface area contributed by atoms with Crippen molar-refractivity contribution < 1.29 is 14.7 Å². The van der Waals surface area contributed by atoms with Crippen LogP contribution in [0.5, 0.6) is 0 Å². The van der Waals surface area contributed by atoms with E-state index >= 15 is 0 Å². The number of aromatic carboxylic acids is 1. The summed E-state index contributed by atoms with van der Waals surface area (Å²) in [5.41, 5.74) is -0.222. The van der Waals surface area contributed by atoms with Crippen LogP contribution in [0.25, 0.3) is 5.65 Å². The minimum absolute atomic E-state index is 0.0772. The van der Waals surface area contributed by atoms with Gasteiger partial charge in [0.05, 0.1) is 0 Å². The van der Waals surface area contributed by atoms with Crippen molar-refractivity contribution in [1.29, 1.82) is 0 Å². The Kier molecular flexibility index (Phi) is 2.86. The summed E-state index contributed by atoms with van der Waals surface area (Å²) in [6, 6.07) is 5.29. The van der Waals surface area contributed by atoms with Crippen LogP contribution in [0.2, 0.25) is 0 Å². The third kappa shape index (κ3) is 1.93. The first kappa shape index (κ1) is 13.4. The van der Waals surface area contributed by atoms with Gasteiger partial charge in [0.1, 0.15) is 11.2 Å². The number of hydrogen-bond donors (Lipinski definition) is 2. The molecule has 110 valence electrons. The number of pyridine rings is 1. The van der Waals surface area contributed by atoms with Gasteiger partial charge in [0.2, 0.25) is 5.91 Å². The van der Waals surface area contributed by atoms with E-state index in [2.05, 4.69) is 10.3 Å². The Hall–Kier alpha value is -2.57. The predicted molar refractivity (Wildman–Crippen MR) is 76.6 cm³/mol. The first-order valence-electron chi connectivity index (χ1n) is 6.69. The SMILES string of the molecule is CC1(C)C(=O)NCCN1c1nc2ccccn2c1C(=O)O. The monoisotopic (exact) mass is 288 g/mol. The third-order valence-electron chi connectivity index (χ3n) is 3.82. The number of amides is 1. The molecule has 2 aromatic heterocycles. The molecule has 0 radical (unpaired) electrons. The van der Waals surface area contributed by atoms with Gasteiger partial charge in [-0.1, -0.05) is 6.07 Å². The third-order valence-corrected chi connectivity index (χ3v) is 3.82. The van der Waals surface area contributed by atoms with E-state index in [0.29, 0.717) is 24.6 Å². The predicted octanol–water partition coefficient (Wildman–Crippen LogP) is 0.747. The molecule has 7 nitrogen and oxygen atoms in total. The van der Waals surface area contributed by atoms with Gasteiger partial charge in [-0.25, -0.2) is 9.78 Å². The molecule has 0 saturated carbocycles. The lowest BCUT2D eigenvalue weighted by molar-refractivity contribution is -0.126. The highest BCUT2D eigenvalue weighted by Gasteiger charge is 2.41. The second-order valence-electron chi connectivity index (χ2n) is 5.48. The van der Waals surface area contributed by atoms with Crippen LogP contribution in [0.1, 0.15) is 24.3 Å². The molecular formula is C14H16N4O3. The van der Waals surface area contributed by atoms with Gasteiger partial charge in [0, 0.05) is 19.3 Å². The van der Waals surface area contributed by atoms with Crippen LogP contribution in [-0.2, 0) is 4.79 Å². The first-order chi connectivity index (χ1) is 9.93. The van der Waals surface area contributed by atoms with E-state index in [1.165, 1.54) is 4.40 Å². The molecule has 2 aromatic rings. The molecule has 0 aliphatic carbocycles. The quantitative estimate of drug-likeness (QED) is 0.851. The van der Waals surface area contributed by atoms with Gasteiger partial charge < -0.3 is 15.3 Å². The molecule has 0 bridgehead atoms. The number of piperazine rings is 1. The summed E-state index contributed by atoms with van der Waals surface area (Å²) < 4.78 is 1.53. The minimum atomic E-state index is -1.06. The standard InChI is InChI=1S/C14H16N4O3/c1-14(2)13(21)15-6-8-18(14)11-10(12(19)20)17-7-4-3-5-9(17)16-11/h3-5,7H,6,8H2,1-2H3,(H,15,21)(H,19,20). The highest BCUT2D eigenvalue weighted by Crippen LogP contribution is 2.29. The van der Waals surface area contributed by atoms with Gasteiger partial charge in [0.15, 0.2) is 11.5 Å². The Labute approximate surface area is 121 Å². The molecule has 21 heavy (non-hydrogen) atoms. The zero-order chi connectivity index (χ0) is 15.2. The molecule has 0 atom stereocenters. The molecule has 2 N–H and O–H groups in total. The van der Waals surface area contributed by atoms with Gasteiger partial charge >= 0.3 is 5.97 Å². The van der Waals surface area contributed by atoms with E-state index in [1.54, 1.807) is 43.1 Å². The summed E-state index contributed by atoms with van der Waals surface area (Å²) in [6.45, 7) is 4.51. The average molecular weight is 288 g/mol. The van der Waals surface area contributed by atoms with Gasteiger partial charge in [-0.2, -0.15) is 0 Å². The molecule has 0 spiro atoms. The van der Waals surface area contributed by atoms with Crippen molar-refractivity contribution in [2.24, 2.45) is 0 Å². The molecule has 3 rings (SSSR count). The van der Waals surface area contributed by atoms with Crippen LogP contribution in [0.4, 0.5) is 5.82 Å². The number of nitrogens with one attached hydrogen (secondary N) is 1. The number of carbonyl (C=O) groups excluding carboxylic acids is 1. The average Bonchev–Trinajstić information content (AvgIpc) is 2.80. The lowest BCUT2D eigenvalue weighted by atomic mass is 9.99. The smallest absolute Gasteiger partial charge is 0.356 e. The number of fused-ring (bicyclic) bond motifs is 1. The molecule has 0 unspecified atom stereocenters. The van der Waals surface area contributed by atoms with Crippen LogP contribution < -0.4 is 10.2 Å². The fourth-order valence-electron chi connectivity index (χ4n) is 2.64. The van der Waals surface area contributed by atoms with Gasteiger partial charge in [-0.15, -0.1) is 0 Å². The van der Waals surface area contributed by atoms with Gasteiger partial charge in [-0.3, -0.25) is 9.20 Å². The number of rotatable bonds is 2. The Morgan fingerprint density at radius 1 is 1.43 bits per heavy atom. The summed E-state index contributed by atoms with van der Waals surface area (Å²) in [6.07, 6.45) is 1.66. The lowest BCUT2D eigenvalue weighted by Crippen LogP contribution is -2.62. The van der Waals surface area contributed by atoms with E-state index in [9.17, 15) is 14.7 Å². The molecule has 0 aromatic carbocycles. The number of anilines is 1. The van der Waals surface area contributed by atoms with Crippen LogP contribution in [0.15, 0.2) is 24.4 Å². The summed E-state index contributed by atoms with van der Waals surface area (Å²) in [4.78, 5) is 29.9. The Morgan fingerprint density at radius 2 is 2.19 bits per heavy atom. The Balaban J connectivity index is 2.22. The molecule has 7 heteroatoms. The fraction of sp³-hybridized carbons (Fsp3) is 0.357. The summed E-state index contributed by atoms with van der Waals surface area (Å²) >= 11 is 0. The highest BCUT2D eigenvalue weighted by atomic mass is 16.4. The van der Waals surface area contributed by atoms with Crippen molar-refractivity contribution in [1.82, 2.24) is 14.7 Å². The maximum absolute atomic E-state index is 12.1. The number of hydrogen-bond acceptors (Lipinski definition) is 4. The highest BCUT2D eigenvalue weighted by molar-refractivity contribution is 5.96. The summed E-state index contributed by atoms with van der Waals surface area (Å²) in [5, 5.41) is 12.3. The van der Waals surface area contributed by atoms with Crippen molar-refractivity contribution in [2.75, 3.05) is 18.0 Å². The van der Waals surface area contributed by atoms with Crippen LogP contribution in [0.3, 0.4) is 0 Å². The fourth-order valence-corrected chi connectivity index (χ4v) is 2.64. The normalized spacial score (nSPS) is 17.8. The van der Waals surface area contributed by atoms with Crippen LogP contribution >= 0.6 is 0 Å². The molecule has 3 heterocycles. The topological polar surface area (TPSA) is 86.9 Å². The van der Waals surface area contributed by atoms with E-state index < -0.39 is 11.5 Å². The maximum Gasteiger partial charge on any atom is 0.356 e. The van der Waals surface area contributed by atoms with Gasteiger partial charge in [-0.05, 0) is 26.0 Å². The number of carboxylic acids is 1. The second-order valence-corrected chi connectivity index (χ2v) is 5.48. The molecule has 1 fully saturated rings. The maximum atomic E-state index is 12.1. The first-order valence-corrected chi connectivity index (χ1v) is 6.69. The lowest BCUT2D eigenvalue weighted by Gasteiger charge is -2.41. The van der Waals surface area contributed by atoms with Crippen molar-refractivity contribution in [3.63, 3.8) is 0 Å². The van der Waals surface area contributed by atoms with Crippen LogP contribution in [-0.4, -0.2) is 45.0 Å². The minimum Gasteiger partial charge on any atom is -0.476 e. The van der Waals surface area contributed by atoms with Gasteiger partial charge in [0.25, 0.3) is 0 Å². The molecule has 1 amide bonds. The molecule has 1 aliphatic heterocycles. The van der Waals surface area contributed by atoms with E-state index in [1.807, 2.05) is 0 Å². The van der Waals surface area contributed by atoms with E-state index in [-0.39, 0.29) is 11.6 Å².